The Morgan fingerprint density at radius 1 is 1.31 bits per heavy atom. The smallest absolute Gasteiger partial charge is 0.330 e. The Morgan fingerprint density at radius 2 is 2.00 bits per heavy atom. The van der Waals surface area contributed by atoms with E-state index in [0.29, 0.717) is 12.7 Å². The quantitative estimate of drug-likeness (QED) is 0.327. The molecule has 1 atom stereocenters. The molecule has 3 heteroatoms. The van der Waals surface area contributed by atoms with Crippen molar-refractivity contribution in [3.05, 3.63) is 12.7 Å². The van der Waals surface area contributed by atoms with Crippen LogP contribution in [0.4, 0.5) is 0 Å². The third kappa shape index (κ3) is 9.71. The second-order valence-electron chi connectivity index (χ2n) is 3.90. The van der Waals surface area contributed by atoms with Gasteiger partial charge < -0.3 is 9.47 Å². The van der Waals surface area contributed by atoms with Crippen LogP contribution in [0.2, 0.25) is 0 Å². The summed E-state index contributed by atoms with van der Waals surface area (Å²) in [5.41, 5.74) is 0. The Morgan fingerprint density at radius 3 is 2.62 bits per heavy atom. The van der Waals surface area contributed by atoms with E-state index < -0.39 is 0 Å². The summed E-state index contributed by atoms with van der Waals surface area (Å²) in [5, 5.41) is 0. The van der Waals surface area contributed by atoms with Crippen molar-refractivity contribution in [2.75, 3.05) is 13.2 Å². The molecule has 0 aromatic rings. The van der Waals surface area contributed by atoms with E-state index in [0.717, 1.165) is 25.9 Å². The molecule has 0 saturated carbocycles. The lowest BCUT2D eigenvalue weighted by Gasteiger charge is -2.12. The molecule has 94 valence electrons. The zero-order valence-electron chi connectivity index (χ0n) is 10.5. The fourth-order valence-electron chi connectivity index (χ4n) is 1.30. The molecule has 0 spiro atoms. The summed E-state index contributed by atoms with van der Waals surface area (Å²) < 4.78 is 10.5. The van der Waals surface area contributed by atoms with E-state index >= 15 is 0 Å². The Balaban J connectivity index is 3.20. The predicted molar refractivity (Wildman–Crippen MR) is 65.3 cm³/mol. The number of unbranched alkanes of at least 4 members (excludes halogenated alkanes) is 2. The van der Waals surface area contributed by atoms with E-state index in [-0.39, 0.29) is 5.97 Å². The van der Waals surface area contributed by atoms with Crippen LogP contribution in [0, 0.1) is 0 Å². The third-order valence-corrected chi connectivity index (χ3v) is 2.32. The van der Waals surface area contributed by atoms with Gasteiger partial charge in [-0.3, -0.25) is 0 Å². The second-order valence-corrected chi connectivity index (χ2v) is 3.90. The molecule has 0 radical (unpaired) electrons. The Hall–Kier alpha value is -0.830. The highest BCUT2D eigenvalue weighted by Gasteiger charge is 2.01. The van der Waals surface area contributed by atoms with Crippen LogP contribution in [0.1, 0.15) is 46.0 Å². The Bertz CT molecular complexity index is 190. The van der Waals surface area contributed by atoms with Crippen LogP contribution in [0.5, 0.6) is 0 Å². The summed E-state index contributed by atoms with van der Waals surface area (Å²) in [7, 11) is 0. The zero-order valence-corrected chi connectivity index (χ0v) is 10.5. The van der Waals surface area contributed by atoms with Crippen LogP contribution in [-0.4, -0.2) is 25.3 Å². The summed E-state index contributed by atoms with van der Waals surface area (Å²) in [5.74, 6) is -0.350. The maximum atomic E-state index is 10.7. The fraction of sp³-hybridized carbons (Fsp3) is 0.769. The van der Waals surface area contributed by atoms with Gasteiger partial charge in [0.05, 0.1) is 12.7 Å². The molecular formula is C13H24O3. The van der Waals surface area contributed by atoms with Gasteiger partial charge in [-0.25, -0.2) is 4.79 Å². The molecule has 0 aliphatic carbocycles. The van der Waals surface area contributed by atoms with Crippen molar-refractivity contribution in [1.29, 1.82) is 0 Å². The van der Waals surface area contributed by atoms with Crippen molar-refractivity contribution in [3.63, 3.8) is 0 Å². The maximum Gasteiger partial charge on any atom is 0.330 e. The standard InChI is InChI=1S/C13H24O3/c1-4-6-9-12(3)15-10-7-8-11-16-13(14)5-2/h5,12H,2,4,6-11H2,1,3H3. The average molecular weight is 228 g/mol. The van der Waals surface area contributed by atoms with E-state index in [1.807, 2.05) is 0 Å². The van der Waals surface area contributed by atoms with Gasteiger partial charge in [0.25, 0.3) is 0 Å². The number of esters is 1. The van der Waals surface area contributed by atoms with E-state index in [1.165, 1.54) is 18.9 Å². The van der Waals surface area contributed by atoms with E-state index in [1.54, 1.807) is 0 Å². The zero-order chi connectivity index (χ0) is 12.2. The second kappa shape index (κ2) is 10.7. The lowest BCUT2D eigenvalue weighted by atomic mass is 10.2. The Labute approximate surface area is 98.8 Å². The number of hydrogen-bond acceptors (Lipinski definition) is 3. The van der Waals surface area contributed by atoms with Gasteiger partial charge in [0, 0.05) is 12.7 Å². The summed E-state index contributed by atoms with van der Waals surface area (Å²) >= 11 is 0. The molecule has 0 aliphatic heterocycles. The first-order valence-corrected chi connectivity index (χ1v) is 6.11. The van der Waals surface area contributed by atoms with Gasteiger partial charge in [0.1, 0.15) is 0 Å². The van der Waals surface area contributed by atoms with Gasteiger partial charge in [-0.2, -0.15) is 0 Å². The fourth-order valence-corrected chi connectivity index (χ4v) is 1.30. The molecule has 0 N–H and O–H groups in total. The average Bonchev–Trinajstić information content (AvgIpc) is 2.30. The molecule has 0 aliphatic rings. The van der Waals surface area contributed by atoms with Crippen LogP contribution in [0.25, 0.3) is 0 Å². The van der Waals surface area contributed by atoms with E-state index in [2.05, 4.69) is 20.4 Å². The number of rotatable bonds is 10. The molecule has 16 heavy (non-hydrogen) atoms. The molecule has 1 unspecified atom stereocenters. The van der Waals surface area contributed by atoms with Crippen LogP contribution in [0.15, 0.2) is 12.7 Å². The van der Waals surface area contributed by atoms with Gasteiger partial charge in [-0.05, 0) is 26.2 Å². The number of carbonyl (C=O) groups excluding carboxylic acids is 1. The minimum absolute atomic E-state index is 0.343. The summed E-state index contributed by atoms with van der Waals surface area (Å²) in [6.45, 7) is 8.82. The SMILES string of the molecule is C=CC(=O)OCCCCOC(C)CCCC. The topological polar surface area (TPSA) is 35.5 Å². The van der Waals surface area contributed by atoms with Crippen LogP contribution in [-0.2, 0) is 14.3 Å². The molecule has 0 amide bonds. The van der Waals surface area contributed by atoms with Crippen molar-refractivity contribution < 1.29 is 14.3 Å². The number of ether oxygens (including phenoxy) is 2. The van der Waals surface area contributed by atoms with E-state index in [9.17, 15) is 4.79 Å². The number of hydrogen-bond donors (Lipinski definition) is 0. The Kier molecular flexibility index (Phi) is 10.1. The molecule has 0 rings (SSSR count). The first-order valence-electron chi connectivity index (χ1n) is 6.11. The van der Waals surface area contributed by atoms with E-state index in [4.69, 9.17) is 9.47 Å². The number of carbonyl (C=O) groups is 1. The largest absolute Gasteiger partial charge is 0.463 e. The molecule has 0 saturated heterocycles. The van der Waals surface area contributed by atoms with Crippen molar-refractivity contribution in [3.8, 4) is 0 Å². The third-order valence-electron chi connectivity index (χ3n) is 2.32. The predicted octanol–water partition coefficient (Wildman–Crippen LogP) is 3.09. The first-order chi connectivity index (χ1) is 7.70. The highest BCUT2D eigenvalue weighted by atomic mass is 16.5. The van der Waals surface area contributed by atoms with Crippen LogP contribution < -0.4 is 0 Å². The first kappa shape index (κ1) is 15.2. The molecule has 0 heterocycles. The van der Waals surface area contributed by atoms with Crippen LogP contribution in [0.3, 0.4) is 0 Å². The highest BCUT2D eigenvalue weighted by molar-refractivity contribution is 5.81. The molecule has 0 aromatic carbocycles. The molecule has 0 fully saturated rings. The molecular weight excluding hydrogens is 204 g/mol. The van der Waals surface area contributed by atoms with Gasteiger partial charge >= 0.3 is 5.97 Å². The molecule has 0 aromatic heterocycles. The van der Waals surface area contributed by atoms with Gasteiger partial charge in [-0.1, -0.05) is 26.3 Å². The normalized spacial score (nSPS) is 12.1. The highest BCUT2D eigenvalue weighted by Crippen LogP contribution is 2.04. The minimum Gasteiger partial charge on any atom is -0.463 e. The van der Waals surface area contributed by atoms with Crippen molar-refractivity contribution >= 4 is 5.97 Å². The van der Waals surface area contributed by atoms with Crippen molar-refractivity contribution in [2.45, 2.75) is 52.1 Å². The molecule has 3 nitrogen and oxygen atoms in total. The van der Waals surface area contributed by atoms with Crippen molar-refractivity contribution in [2.24, 2.45) is 0 Å². The van der Waals surface area contributed by atoms with Crippen LogP contribution >= 0.6 is 0 Å². The lowest BCUT2D eigenvalue weighted by molar-refractivity contribution is -0.137. The van der Waals surface area contributed by atoms with Gasteiger partial charge in [0.15, 0.2) is 0 Å². The maximum absolute atomic E-state index is 10.7. The van der Waals surface area contributed by atoms with Gasteiger partial charge in [-0.15, -0.1) is 0 Å². The molecule has 0 bridgehead atoms. The minimum atomic E-state index is -0.350. The monoisotopic (exact) mass is 228 g/mol. The lowest BCUT2D eigenvalue weighted by Crippen LogP contribution is -2.10. The van der Waals surface area contributed by atoms with Gasteiger partial charge in [0.2, 0.25) is 0 Å². The summed E-state index contributed by atoms with van der Waals surface area (Å²) in [6.07, 6.45) is 6.87. The van der Waals surface area contributed by atoms with Crippen molar-refractivity contribution in [1.82, 2.24) is 0 Å². The summed E-state index contributed by atoms with van der Waals surface area (Å²) in [4.78, 5) is 10.7. The summed E-state index contributed by atoms with van der Waals surface area (Å²) in [6, 6.07) is 0.